The Kier molecular flexibility index (Phi) is 3.08. The standard InChI is InChI=1S/C7H17NO2S/c1-6(7(2,3)4)8-11(5,9)10/h6,8H,1-5H3/t6-/m0/s1. The summed E-state index contributed by atoms with van der Waals surface area (Å²) in [5.74, 6) is 0. The maximum absolute atomic E-state index is 10.8. The summed E-state index contributed by atoms with van der Waals surface area (Å²) < 4.78 is 24.1. The molecule has 1 N–H and O–H groups in total. The van der Waals surface area contributed by atoms with Crippen molar-refractivity contribution in [1.29, 1.82) is 0 Å². The van der Waals surface area contributed by atoms with E-state index in [2.05, 4.69) is 4.72 Å². The summed E-state index contributed by atoms with van der Waals surface area (Å²) in [5.41, 5.74) is -0.0247. The monoisotopic (exact) mass is 179 g/mol. The van der Waals surface area contributed by atoms with Gasteiger partial charge in [0.25, 0.3) is 0 Å². The van der Waals surface area contributed by atoms with Crippen molar-refractivity contribution in [2.24, 2.45) is 5.41 Å². The van der Waals surface area contributed by atoms with E-state index in [1.54, 1.807) is 0 Å². The van der Waals surface area contributed by atoms with Crippen LogP contribution in [0.3, 0.4) is 0 Å². The first-order valence-corrected chi connectivity index (χ1v) is 5.49. The highest BCUT2D eigenvalue weighted by atomic mass is 32.2. The van der Waals surface area contributed by atoms with E-state index < -0.39 is 10.0 Å². The highest BCUT2D eigenvalue weighted by Crippen LogP contribution is 2.18. The molecule has 0 bridgehead atoms. The second kappa shape index (κ2) is 3.11. The molecule has 0 spiro atoms. The van der Waals surface area contributed by atoms with Crippen molar-refractivity contribution in [3.8, 4) is 0 Å². The molecule has 0 rings (SSSR count). The summed E-state index contributed by atoms with van der Waals surface area (Å²) in [6, 6.07) is -0.0301. The van der Waals surface area contributed by atoms with Gasteiger partial charge < -0.3 is 0 Å². The molecule has 0 radical (unpaired) electrons. The molecule has 0 unspecified atom stereocenters. The van der Waals surface area contributed by atoms with Gasteiger partial charge in [-0.3, -0.25) is 0 Å². The Hall–Kier alpha value is -0.0900. The molecule has 3 nitrogen and oxygen atoms in total. The number of hydrogen-bond acceptors (Lipinski definition) is 2. The number of sulfonamides is 1. The molecule has 0 fully saturated rings. The molecule has 0 saturated carbocycles. The molecule has 0 aliphatic carbocycles. The van der Waals surface area contributed by atoms with Crippen LogP contribution >= 0.6 is 0 Å². The maximum atomic E-state index is 10.8. The Morgan fingerprint density at radius 3 is 1.73 bits per heavy atom. The average molecular weight is 179 g/mol. The Labute approximate surface area is 69.2 Å². The van der Waals surface area contributed by atoms with Gasteiger partial charge in [0.15, 0.2) is 0 Å². The van der Waals surface area contributed by atoms with Gasteiger partial charge in [-0.1, -0.05) is 20.8 Å². The van der Waals surface area contributed by atoms with Crippen LogP contribution in [0.5, 0.6) is 0 Å². The first-order chi connectivity index (χ1) is 4.63. The normalized spacial score (nSPS) is 16.5. The fourth-order valence-corrected chi connectivity index (χ4v) is 1.49. The van der Waals surface area contributed by atoms with E-state index in [4.69, 9.17) is 0 Å². The number of nitrogens with one attached hydrogen (secondary N) is 1. The van der Waals surface area contributed by atoms with Gasteiger partial charge in [0, 0.05) is 6.04 Å². The lowest BCUT2D eigenvalue weighted by atomic mass is 9.89. The molecule has 0 heterocycles. The van der Waals surface area contributed by atoms with Gasteiger partial charge >= 0.3 is 0 Å². The fourth-order valence-electron chi connectivity index (χ4n) is 0.498. The SMILES string of the molecule is C[C@H](NS(C)(=O)=O)C(C)(C)C. The zero-order valence-electron chi connectivity index (χ0n) is 7.80. The van der Waals surface area contributed by atoms with Gasteiger partial charge in [0.2, 0.25) is 10.0 Å². The van der Waals surface area contributed by atoms with Crippen molar-refractivity contribution < 1.29 is 8.42 Å². The highest BCUT2D eigenvalue weighted by molar-refractivity contribution is 7.88. The molecule has 4 heteroatoms. The topological polar surface area (TPSA) is 46.2 Å². The van der Waals surface area contributed by atoms with Crippen LogP contribution < -0.4 is 4.72 Å². The molecule has 0 aromatic carbocycles. The average Bonchev–Trinajstić information content (AvgIpc) is 1.56. The molecule has 1 atom stereocenters. The third kappa shape index (κ3) is 5.21. The zero-order chi connectivity index (χ0) is 9.28. The first kappa shape index (κ1) is 10.9. The first-order valence-electron chi connectivity index (χ1n) is 3.60. The molecule has 0 aliphatic rings. The Bertz CT molecular complexity index is 213. The lowest BCUT2D eigenvalue weighted by molar-refractivity contribution is 0.318. The second-order valence-corrected chi connectivity index (χ2v) is 5.76. The Balaban J connectivity index is 4.21. The van der Waals surface area contributed by atoms with E-state index in [1.807, 2.05) is 27.7 Å². The van der Waals surface area contributed by atoms with Crippen LogP contribution in [0, 0.1) is 5.41 Å². The van der Waals surface area contributed by atoms with Crippen LogP contribution in [-0.2, 0) is 10.0 Å². The van der Waals surface area contributed by atoms with Crippen molar-refractivity contribution in [1.82, 2.24) is 4.72 Å². The summed E-state index contributed by atoms with van der Waals surface area (Å²) in [7, 11) is -3.06. The number of hydrogen-bond donors (Lipinski definition) is 1. The summed E-state index contributed by atoms with van der Waals surface area (Å²) in [6.45, 7) is 7.85. The summed E-state index contributed by atoms with van der Waals surface area (Å²) in [4.78, 5) is 0. The second-order valence-electron chi connectivity index (χ2n) is 3.98. The molecule has 68 valence electrons. The van der Waals surface area contributed by atoms with Crippen LogP contribution in [-0.4, -0.2) is 20.7 Å². The summed E-state index contributed by atoms with van der Waals surface area (Å²) >= 11 is 0. The van der Waals surface area contributed by atoms with E-state index in [-0.39, 0.29) is 11.5 Å². The lowest BCUT2D eigenvalue weighted by Crippen LogP contribution is -2.40. The van der Waals surface area contributed by atoms with Gasteiger partial charge in [0.05, 0.1) is 6.26 Å². The van der Waals surface area contributed by atoms with Gasteiger partial charge in [-0.25, -0.2) is 13.1 Å². The maximum Gasteiger partial charge on any atom is 0.208 e. The third-order valence-electron chi connectivity index (χ3n) is 1.69. The number of rotatable bonds is 2. The van der Waals surface area contributed by atoms with Gasteiger partial charge in [-0.2, -0.15) is 0 Å². The zero-order valence-corrected chi connectivity index (χ0v) is 8.62. The summed E-state index contributed by atoms with van der Waals surface area (Å²) in [6.07, 6.45) is 1.18. The van der Waals surface area contributed by atoms with Crippen LogP contribution in [0.4, 0.5) is 0 Å². The van der Waals surface area contributed by atoms with Gasteiger partial charge in [-0.15, -0.1) is 0 Å². The minimum Gasteiger partial charge on any atom is -0.213 e. The minimum absolute atomic E-state index is 0.0247. The largest absolute Gasteiger partial charge is 0.213 e. The molecule has 0 saturated heterocycles. The van der Waals surface area contributed by atoms with E-state index >= 15 is 0 Å². The van der Waals surface area contributed by atoms with Crippen molar-refractivity contribution >= 4 is 10.0 Å². The Morgan fingerprint density at radius 2 is 1.64 bits per heavy atom. The highest BCUT2D eigenvalue weighted by Gasteiger charge is 2.22. The fraction of sp³-hybridized carbons (Fsp3) is 1.00. The van der Waals surface area contributed by atoms with Crippen LogP contribution in [0.2, 0.25) is 0 Å². The minimum atomic E-state index is -3.06. The van der Waals surface area contributed by atoms with Crippen molar-refractivity contribution in [2.75, 3.05) is 6.26 Å². The molecule has 0 aromatic heterocycles. The van der Waals surface area contributed by atoms with Crippen molar-refractivity contribution in [2.45, 2.75) is 33.7 Å². The molecule has 0 aliphatic heterocycles. The van der Waals surface area contributed by atoms with E-state index in [1.165, 1.54) is 6.26 Å². The van der Waals surface area contributed by atoms with E-state index in [9.17, 15) is 8.42 Å². The van der Waals surface area contributed by atoms with Crippen LogP contribution in [0.25, 0.3) is 0 Å². The predicted octanol–water partition coefficient (Wildman–Crippen LogP) is 0.970. The van der Waals surface area contributed by atoms with E-state index in [0.717, 1.165) is 0 Å². The summed E-state index contributed by atoms with van der Waals surface area (Å²) in [5, 5.41) is 0. The molecule has 11 heavy (non-hydrogen) atoms. The van der Waals surface area contributed by atoms with Gasteiger partial charge in [0.1, 0.15) is 0 Å². The van der Waals surface area contributed by atoms with Crippen LogP contribution in [0.15, 0.2) is 0 Å². The van der Waals surface area contributed by atoms with E-state index in [0.29, 0.717) is 0 Å². The van der Waals surface area contributed by atoms with Crippen molar-refractivity contribution in [3.63, 3.8) is 0 Å². The lowest BCUT2D eigenvalue weighted by Gasteiger charge is -2.26. The smallest absolute Gasteiger partial charge is 0.208 e. The van der Waals surface area contributed by atoms with Crippen molar-refractivity contribution in [3.05, 3.63) is 0 Å². The third-order valence-corrected chi connectivity index (χ3v) is 2.47. The molecule has 0 aromatic rings. The quantitative estimate of drug-likeness (QED) is 0.686. The van der Waals surface area contributed by atoms with Crippen LogP contribution in [0.1, 0.15) is 27.7 Å². The predicted molar refractivity (Wildman–Crippen MR) is 46.9 cm³/mol. The molecular weight excluding hydrogens is 162 g/mol. The molecule has 0 amide bonds. The Morgan fingerprint density at radius 1 is 1.27 bits per heavy atom. The van der Waals surface area contributed by atoms with Gasteiger partial charge in [-0.05, 0) is 12.3 Å². The molecular formula is C7H17NO2S.